The number of nitrogens with zero attached hydrogens (tertiary/aromatic N) is 5. The van der Waals surface area contributed by atoms with E-state index in [1.54, 1.807) is 0 Å². The van der Waals surface area contributed by atoms with Crippen molar-refractivity contribution >= 4 is 35.5 Å². The minimum Gasteiger partial charge on any atom is -0.349 e. The fourth-order valence-electron chi connectivity index (χ4n) is 3.94. The highest BCUT2D eigenvalue weighted by molar-refractivity contribution is 14.0. The number of aryl methyl sites for hydroxylation is 1. The van der Waals surface area contributed by atoms with Gasteiger partial charge in [0.2, 0.25) is 0 Å². The summed E-state index contributed by atoms with van der Waals surface area (Å²) < 4.78 is 2.29. The number of halogens is 1. The first-order valence-electron chi connectivity index (χ1n) is 9.96. The van der Waals surface area contributed by atoms with Crippen LogP contribution in [-0.2, 0) is 19.5 Å². The molecule has 0 aliphatic carbocycles. The molecule has 0 saturated carbocycles. The van der Waals surface area contributed by atoms with Gasteiger partial charge in [0, 0.05) is 33.1 Å². The van der Waals surface area contributed by atoms with Crippen LogP contribution in [0, 0.1) is 0 Å². The van der Waals surface area contributed by atoms with Crippen LogP contribution in [0.25, 0.3) is 5.57 Å². The molecule has 0 spiro atoms. The Morgan fingerprint density at radius 2 is 1.93 bits per heavy atom. The van der Waals surface area contributed by atoms with Crippen LogP contribution in [0.1, 0.15) is 42.9 Å². The summed E-state index contributed by atoms with van der Waals surface area (Å²) in [6.45, 7) is 3.55. The van der Waals surface area contributed by atoms with Crippen molar-refractivity contribution in [2.24, 2.45) is 4.99 Å². The molecule has 2 aromatic rings. The highest BCUT2D eigenvalue weighted by Crippen LogP contribution is 2.22. The van der Waals surface area contributed by atoms with E-state index in [2.05, 4.69) is 66.4 Å². The van der Waals surface area contributed by atoms with Gasteiger partial charge in [0.15, 0.2) is 11.8 Å². The lowest BCUT2D eigenvalue weighted by molar-refractivity contribution is 0.437. The zero-order valence-corrected chi connectivity index (χ0v) is 18.8. The number of aromatic nitrogens is 3. The van der Waals surface area contributed by atoms with Gasteiger partial charge in [0.05, 0.1) is 6.54 Å². The molecule has 0 fully saturated rings. The summed E-state index contributed by atoms with van der Waals surface area (Å²) >= 11 is 0. The van der Waals surface area contributed by atoms with Crippen molar-refractivity contribution in [3.8, 4) is 0 Å². The lowest BCUT2D eigenvalue weighted by atomic mass is 10.00. The van der Waals surface area contributed by atoms with E-state index in [1.807, 2.05) is 7.05 Å². The number of rotatable bonds is 3. The molecule has 3 heterocycles. The van der Waals surface area contributed by atoms with Gasteiger partial charge in [-0.25, -0.2) is 0 Å². The van der Waals surface area contributed by atoms with E-state index >= 15 is 0 Å². The Morgan fingerprint density at radius 3 is 2.68 bits per heavy atom. The number of guanidine groups is 1. The van der Waals surface area contributed by atoms with E-state index in [0.717, 1.165) is 50.1 Å². The van der Waals surface area contributed by atoms with E-state index in [0.29, 0.717) is 6.54 Å². The molecule has 28 heavy (non-hydrogen) atoms. The number of hydrogen-bond acceptors (Lipinski definition) is 3. The fourth-order valence-corrected chi connectivity index (χ4v) is 3.94. The van der Waals surface area contributed by atoms with Gasteiger partial charge in [0.25, 0.3) is 0 Å². The number of nitrogens with one attached hydrogen (secondary N) is 1. The highest BCUT2D eigenvalue weighted by atomic mass is 127. The molecule has 0 saturated heterocycles. The predicted octanol–water partition coefficient (Wildman–Crippen LogP) is 3.49. The van der Waals surface area contributed by atoms with Gasteiger partial charge in [-0.15, -0.1) is 34.2 Å². The summed E-state index contributed by atoms with van der Waals surface area (Å²) in [5.74, 6) is 3.09. The zero-order chi connectivity index (χ0) is 18.5. The lowest BCUT2D eigenvalue weighted by Gasteiger charge is -2.29. The van der Waals surface area contributed by atoms with E-state index in [4.69, 9.17) is 0 Å². The molecule has 7 heteroatoms. The third-order valence-electron chi connectivity index (χ3n) is 5.46. The Labute approximate surface area is 184 Å². The molecule has 0 atom stereocenters. The van der Waals surface area contributed by atoms with Gasteiger partial charge in [0.1, 0.15) is 5.82 Å². The predicted molar refractivity (Wildman–Crippen MR) is 124 cm³/mol. The van der Waals surface area contributed by atoms with E-state index < -0.39 is 0 Å². The number of hydrogen-bond donors (Lipinski definition) is 1. The summed E-state index contributed by atoms with van der Waals surface area (Å²) in [4.78, 5) is 6.78. The van der Waals surface area contributed by atoms with Crippen LogP contribution in [0.15, 0.2) is 41.4 Å². The maximum absolute atomic E-state index is 4.48. The second kappa shape index (κ2) is 10.0. The average Bonchev–Trinajstić information content (AvgIpc) is 2.96. The van der Waals surface area contributed by atoms with Crippen molar-refractivity contribution in [2.75, 3.05) is 20.1 Å². The molecule has 6 nitrogen and oxygen atoms in total. The monoisotopic (exact) mass is 492 g/mol. The van der Waals surface area contributed by atoms with Crippen LogP contribution in [0.5, 0.6) is 0 Å². The third kappa shape index (κ3) is 4.74. The number of fused-ring (bicyclic) bond motifs is 1. The molecule has 150 valence electrons. The summed E-state index contributed by atoms with van der Waals surface area (Å²) in [5, 5.41) is 12.3. The molecule has 0 unspecified atom stereocenters. The number of benzene rings is 1. The average molecular weight is 492 g/mol. The van der Waals surface area contributed by atoms with Gasteiger partial charge in [-0.1, -0.05) is 42.8 Å². The van der Waals surface area contributed by atoms with Crippen molar-refractivity contribution in [3.63, 3.8) is 0 Å². The molecule has 2 aliphatic heterocycles. The summed E-state index contributed by atoms with van der Waals surface area (Å²) in [5.41, 5.74) is 2.75. The summed E-state index contributed by atoms with van der Waals surface area (Å²) in [6, 6.07) is 10.6. The van der Waals surface area contributed by atoms with Crippen molar-refractivity contribution in [1.29, 1.82) is 0 Å². The van der Waals surface area contributed by atoms with Crippen molar-refractivity contribution in [3.05, 3.63) is 53.6 Å². The van der Waals surface area contributed by atoms with Crippen molar-refractivity contribution in [1.82, 2.24) is 25.0 Å². The second-order valence-corrected chi connectivity index (χ2v) is 7.19. The van der Waals surface area contributed by atoms with Crippen molar-refractivity contribution in [2.45, 2.75) is 45.2 Å². The van der Waals surface area contributed by atoms with Crippen LogP contribution < -0.4 is 5.32 Å². The minimum absolute atomic E-state index is 0. The third-order valence-corrected chi connectivity index (χ3v) is 5.46. The quantitative estimate of drug-likeness (QED) is 0.405. The standard InChI is InChI=1S/C21H28N6.HI/c1-22-21(23-16-20-25-24-19-10-6-3-7-13-27(19)20)26-14-11-18(12-15-26)17-8-4-2-5-9-17;/h2,4-5,8-9,11H,3,6-7,10,12-16H2,1H3,(H,22,23);1H. The maximum Gasteiger partial charge on any atom is 0.194 e. The van der Waals surface area contributed by atoms with Gasteiger partial charge in [-0.2, -0.15) is 0 Å². The molecule has 0 bridgehead atoms. The first kappa shape index (κ1) is 20.8. The molecular weight excluding hydrogens is 463 g/mol. The Hall–Kier alpha value is -1.90. The maximum atomic E-state index is 4.48. The Morgan fingerprint density at radius 1 is 1.07 bits per heavy atom. The number of aliphatic imine (C=N–C) groups is 1. The molecule has 1 N–H and O–H groups in total. The second-order valence-electron chi connectivity index (χ2n) is 7.19. The van der Waals surface area contributed by atoms with Crippen molar-refractivity contribution < 1.29 is 0 Å². The van der Waals surface area contributed by atoms with Gasteiger partial charge >= 0.3 is 0 Å². The lowest BCUT2D eigenvalue weighted by Crippen LogP contribution is -2.43. The first-order chi connectivity index (χ1) is 13.3. The van der Waals surface area contributed by atoms with Crippen LogP contribution in [0.3, 0.4) is 0 Å². The SMILES string of the molecule is CN=C(NCc1nnc2n1CCCCC2)N1CC=C(c2ccccc2)CC1.I. The Bertz CT molecular complexity index is 827. The molecular formula is C21H29IN6. The van der Waals surface area contributed by atoms with E-state index in [1.165, 1.54) is 30.4 Å². The molecule has 2 aliphatic rings. The summed E-state index contributed by atoms with van der Waals surface area (Å²) in [6.07, 6.45) is 8.10. The van der Waals surface area contributed by atoms with Crippen LogP contribution in [-0.4, -0.2) is 45.8 Å². The topological polar surface area (TPSA) is 58.3 Å². The molecule has 1 aromatic heterocycles. The molecule has 0 radical (unpaired) electrons. The van der Waals surface area contributed by atoms with Gasteiger partial charge in [-0.3, -0.25) is 4.99 Å². The molecule has 1 aromatic carbocycles. The Kier molecular flexibility index (Phi) is 7.47. The van der Waals surface area contributed by atoms with Crippen LogP contribution in [0.4, 0.5) is 0 Å². The normalized spacial score (nSPS) is 17.2. The fraction of sp³-hybridized carbons (Fsp3) is 0.476. The minimum atomic E-state index is 0. The smallest absolute Gasteiger partial charge is 0.194 e. The molecule has 0 amide bonds. The van der Waals surface area contributed by atoms with Crippen LogP contribution in [0.2, 0.25) is 0 Å². The highest BCUT2D eigenvalue weighted by Gasteiger charge is 2.18. The van der Waals surface area contributed by atoms with Gasteiger partial charge < -0.3 is 14.8 Å². The van der Waals surface area contributed by atoms with Crippen LogP contribution >= 0.6 is 24.0 Å². The largest absolute Gasteiger partial charge is 0.349 e. The first-order valence-corrected chi connectivity index (χ1v) is 9.96. The van der Waals surface area contributed by atoms with E-state index in [9.17, 15) is 0 Å². The summed E-state index contributed by atoms with van der Waals surface area (Å²) in [7, 11) is 1.85. The van der Waals surface area contributed by atoms with Gasteiger partial charge in [-0.05, 0) is 30.4 Å². The van der Waals surface area contributed by atoms with E-state index in [-0.39, 0.29) is 24.0 Å². The molecule has 4 rings (SSSR count). The zero-order valence-electron chi connectivity index (χ0n) is 16.5. The Balaban J connectivity index is 0.00000225.